The molecule has 0 fully saturated rings. The molecule has 1 atom stereocenters. The Labute approximate surface area is 225 Å². The van der Waals surface area contributed by atoms with Crippen molar-refractivity contribution in [2.45, 2.75) is 43.5 Å². The number of benzene rings is 3. The van der Waals surface area contributed by atoms with Gasteiger partial charge in [0, 0.05) is 29.9 Å². The summed E-state index contributed by atoms with van der Waals surface area (Å²) in [5.74, 6) is -1.47. The van der Waals surface area contributed by atoms with Gasteiger partial charge in [0.15, 0.2) is 16.1 Å². The van der Waals surface area contributed by atoms with E-state index in [1.54, 1.807) is 6.07 Å². The Morgan fingerprint density at radius 2 is 1.56 bits per heavy atom. The Hall–Kier alpha value is -3.18. The summed E-state index contributed by atoms with van der Waals surface area (Å²) in [5.41, 5.74) is -0.882. The van der Waals surface area contributed by atoms with E-state index < -0.39 is 46.8 Å². The molecule has 1 unspecified atom stereocenters. The molecule has 0 saturated heterocycles. The molecule has 206 valence electrons. The Bertz CT molecular complexity index is 1510. The summed E-state index contributed by atoms with van der Waals surface area (Å²) < 4.78 is 82.5. The zero-order valence-corrected chi connectivity index (χ0v) is 22.2. The van der Waals surface area contributed by atoms with Gasteiger partial charge in [0.05, 0.1) is 29.0 Å². The molecular formula is C29H27F5NO3S+. The van der Waals surface area contributed by atoms with Crippen molar-refractivity contribution in [3.63, 3.8) is 0 Å². The zero-order chi connectivity index (χ0) is 28.7. The standard InChI is InChI=1S/C29H27F5NO3S/c1-28(2,37)20-14-21(10-18-6-4-5-7-23(18)29(32,33)34)35(15-20)26-9-8-17(11-25(26)31)19-12-24(30)22(16-36)27(13-19)39(3)38/h4-9,11-15,36-38H,10,16H2,1-3H3/q+1. The molecule has 0 aliphatic carbocycles. The number of rotatable bonds is 7. The predicted molar refractivity (Wildman–Crippen MR) is 141 cm³/mol. The molecule has 0 amide bonds. The molecule has 4 rings (SSSR count). The van der Waals surface area contributed by atoms with E-state index in [-0.39, 0.29) is 33.7 Å². The van der Waals surface area contributed by atoms with Crippen LogP contribution in [-0.4, -0.2) is 25.6 Å². The highest BCUT2D eigenvalue weighted by Crippen LogP contribution is 2.35. The molecule has 0 bridgehead atoms. The summed E-state index contributed by atoms with van der Waals surface area (Å²) in [6.07, 6.45) is -1.83. The summed E-state index contributed by atoms with van der Waals surface area (Å²) in [6, 6.07) is 13.4. The Morgan fingerprint density at radius 3 is 2.15 bits per heavy atom. The van der Waals surface area contributed by atoms with Crippen molar-refractivity contribution in [3.8, 4) is 16.8 Å². The molecule has 0 radical (unpaired) electrons. The maximum Gasteiger partial charge on any atom is 0.416 e. The van der Waals surface area contributed by atoms with Crippen molar-refractivity contribution in [1.29, 1.82) is 0 Å². The maximum absolute atomic E-state index is 15.6. The highest BCUT2D eigenvalue weighted by molar-refractivity contribution is 7.90. The molecule has 3 aromatic carbocycles. The first-order chi connectivity index (χ1) is 18.2. The Balaban J connectivity index is 1.81. The third-order valence-corrected chi connectivity index (χ3v) is 7.47. The van der Waals surface area contributed by atoms with Gasteiger partial charge in [0.2, 0.25) is 0 Å². The van der Waals surface area contributed by atoms with Crippen molar-refractivity contribution in [2.75, 3.05) is 6.26 Å². The number of nitrogens with zero attached hydrogens (tertiary/aromatic N) is 1. The lowest BCUT2D eigenvalue weighted by Gasteiger charge is -2.15. The number of alkyl halides is 3. The summed E-state index contributed by atoms with van der Waals surface area (Å²) in [5, 5.41) is 20.0. The van der Waals surface area contributed by atoms with Crippen LogP contribution < -0.4 is 0 Å². The van der Waals surface area contributed by atoms with Crippen LogP contribution in [0.4, 0.5) is 22.0 Å². The van der Waals surface area contributed by atoms with Crippen LogP contribution in [-0.2, 0) is 36.0 Å². The van der Waals surface area contributed by atoms with Gasteiger partial charge in [-0.05, 0) is 60.9 Å². The molecule has 1 heterocycles. The highest BCUT2D eigenvalue weighted by Gasteiger charge is 2.33. The molecular weight excluding hydrogens is 537 g/mol. The van der Waals surface area contributed by atoms with E-state index in [4.69, 9.17) is 0 Å². The third-order valence-electron chi connectivity index (χ3n) is 6.47. The first-order valence-corrected chi connectivity index (χ1v) is 13.5. The molecule has 10 heteroatoms. The molecule has 0 aliphatic rings. The Morgan fingerprint density at radius 1 is 0.897 bits per heavy atom. The van der Waals surface area contributed by atoms with Gasteiger partial charge in [-0.1, -0.05) is 24.3 Å². The minimum Gasteiger partial charge on any atom is -0.391 e. The SMILES string of the molecule is C[S+](O)c1cc(-c2ccc(-n3cc(C(C)(C)O)cc3Cc3ccccc3C(F)(F)F)c(F)c2)cc(F)c1CO. The van der Waals surface area contributed by atoms with Crippen LogP contribution in [0.15, 0.2) is 71.8 Å². The second kappa shape index (κ2) is 10.8. The summed E-state index contributed by atoms with van der Waals surface area (Å²) in [7, 11) is 0. The largest absolute Gasteiger partial charge is 0.416 e. The van der Waals surface area contributed by atoms with Gasteiger partial charge < -0.3 is 14.8 Å². The van der Waals surface area contributed by atoms with Crippen molar-refractivity contribution in [3.05, 3.63) is 106 Å². The molecule has 1 aromatic heterocycles. The molecule has 0 spiro atoms. The fraction of sp³-hybridized carbons (Fsp3) is 0.241. The molecule has 4 aromatic rings. The Kier molecular flexibility index (Phi) is 7.96. The zero-order valence-electron chi connectivity index (χ0n) is 21.4. The number of hydrogen-bond acceptors (Lipinski definition) is 3. The van der Waals surface area contributed by atoms with Crippen LogP contribution in [0, 0.1) is 11.6 Å². The van der Waals surface area contributed by atoms with Crippen LogP contribution in [0.3, 0.4) is 0 Å². The number of hydrogen-bond donors (Lipinski definition) is 3. The highest BCUT2D eigenvalue weighted by atomic mass is 32.2. The van der Waals surface area contributed by atoms with E-state index in [2.05, 4.69) is 0 Å². The van der Waals surface area contributed by atoms with Crippen molar-refractivity contribution < 1.29 is 36.7 Å². The van der Waals surface area contributed by atoms with Gasteiger partial charge in [-0.15, -0.1) is 0 Å². The van der Waals surface area contributed by atoms with Gasteiger partial charge in [-0.2, -0.15) is 17.7 Å². The average molecular weight is 565 g/mol. The van der Waals surface area contributed by atoms with Gasteiger partial charge in [0.25, 0.3) is 0 Å². The van der Waals surface area contributed by atoms with E-state index in [1.165, 1.54) is 67.3 Å². The van der Waals surface area contributed by atoms with Gasteiger partial charge >= 0.3 is 6.18 Å². The van der Waals surface area contributed by atoms with Crippen molar-refractivity contribution >= 4 is 11.2 Å². The predicted octanol–water partition coefficient (Wildman–Crippen LogP) is 6.83. The van der Waals surface area contributed by atoms with E-state index in [0.717, 1.165) is 18.2 Å². The normalized spacial score (nSPS) is 13.1. The number of aromatic nitrogens is 1. The molecule has 0 aliphatic heterocycles. The van der Waals surface area contributed by atoms with Crippen LogP contribution in [0.25, 0.3) is 16.8 Å². The third kappa shape index (κ3) is 6.04. The maximum atomic E-state index is 15.6. The van der Waals surface area contributed by atoms with Crippen molar-refractivity contribution in [1.82, 2.24) is 4.57 Å². The first-order valence-electron chi connectivity index (χ1n) is 11.9. The van der Waals surface area contributed by atoms with Crippen LogP contribution in [0.1, 0.15) is 41.8 Å². The molecule has 3 N–H and O–H groups in total. The summed E-state index contributed by atoms with van der Waals surface area (Å²) >= 11 is -1.36. The van der Waals surface area contributed by atoms with E-state index in [1.807, 2.05) is 0 Å². The van der Waals surface area contributed by atoms with Crippen molar-refractivity contribution in [2.24, 2.45) is 0 Å². The lowest BCUT2D eigenvalue weighted by Crippen LogP contribution is -2.14. The van der Waals surface area contributed by atoms with Crippen LogP contribution >= 0.6 is 0 Å². The van der Waals surface area contributed by atoms with Gasteiger partial charge in [-0.3, -0.25) is 0 Å². The molecule has 4 nitrogen and oxygen atoms in total. The lowest BCUT2D eigenvalue weighted by atomic mass is 9.99. The van der Waals surface area contributed by atoms with E-state index in [9.17, 15) is 32.3 Å². The number of aliphatic hydroxyl groups excluding tert-OH is 1. The fourth-order valence-corrected chi connectivity index (χ4v) is 5.24. The second-order valence-corrected chi connectivity index (χ2v) is 11.1. The van der Waals surface area contributed by atoms with Crippen LogP contribution in [0.5, 0.6) is 0 Å². The summed E-state index contributed by atoms with van der Waals surface area (Å²) in [6.45, 7) is 2.43. The number of aliphatic hydroxyl groups is 2. The molecule has 39 heavy (non-hydrogen) atoms. The first kappa shape index (κ1) is 28.8. The topological polar surface area (TPSA) is 65.6 Å². The smallest absolute Gasteiger partial charge is 0.391 e. The van der Waals surface area contributed by atoms with Gasteiger partial charge in [-0.25, -0.2) is 8.78 Å². The van der Waals surface area contributed by atoms with E-state index >= 15 is 4.39 Å². The monoisotopic (exact) mass is 564 g/mol. The quantitative estimate of drug-likeness (QED) is 0.170. The summed E-state index contributed by atoms with van der Waals surface area (Å²) in [4.78, 5) is 0.197. The minimum absolute atomic E-state index is 0.00499. The van der Waals surface area contributed by atoms with E-state index in [0.29, 0.717) is 16.8 Å². The lowest BCUT2D eigenvalue weighted by molar-refractivity contribution is -0.138. The fourth-order valence-electron chi connectivity index (χ4n) is 4.43. The minimum atomic E-state index is -4.58. The number of halogens is 5. The van der Waals surface area contributed by atoms with Gasteiger partial charge in [0.1, 0.15) is 17.9 Å². The average Bonchev–Trinajstić information content (AvgIpc) is 3.27. The molecule has 0 saturated carbocycles. The van der Waals surface area contributed by atoms with Crippen LogP contribution in [0.2, 0.25) is 0 Å². The second-order valence-electron chi connectivity index (χ2n) is 9.72.